The van der Waals surface area contributed by atoms with Gasteiger partial charge in [0.15, 0.2) is 6.79 Å². The van der Waals surface area contributed by atoms with Crippen LogP contribution in [0, 0.1) is 0 Å². The summed E-state index contributed by atoms with van der Waals surface area (Å²) in [6.07, 6.45) is -2.70. The number of nitrogens with zero attached hydrogens (tertiary/aromatic N) is 1. The number of benzene rings is 1. The summed E-state index contributed by atoms with van der Waals surface area (Å²) in [4.78, 5) is 12.0. The second kappa shape index (κ2) is 7.77. The molecular weight excluding hydrogens is 351 g/mol. The summed E-state index contributed by atoms with van der Waals surface area (Å²) < 4.78 is 36.5. The maximum Gasteiger partial charge on any atom is 0.269 e. The van der Waals surface area contributed by atoms with Crippen molar-refractivity contribution < 1.29 is 18.3 Å². The van der Waals surface area contributed by atoms with Crippen LogP contribution in [0.5, 0.6) is 5.75 Å². The van der Waals surface area contributed by atoms with E-state index in [1.807, 2.05) is 0 Å². The van der Waals surface area contributed by atoms with Gasteiger partial charge >= 0.3 is 0 Å². The lowest BCUT2D eigenvalue weighted by atomic mass is 10.1. The Labute approximate surface area is 141 Å². The third-order valence-corrected chi connectivity index (χ3v) is 3.61. The van der Waals surface area contributed by atoms with Crippen molar-refractivity contribution in [2.45, 2.75) is 13.0 Å². The van der Waals surface area contributed by atoms with E-state index in [0.717, 1.165) is 4.57 Å². The average Bonchev–Trinajstić information content (AvgIpc) is 2.50. The van der Waals surface area contributed by atoms with Crippen LogP contribution in [0.15, 0.2) is 35.1 Å². The maximum atomic E-state index is 12.8. The normalized spacial score (nSPS) is 11.0. The van der Waals surface area contributed by atoms with Crippen molar-refractivity contribution in [3.05, 3.63) is 50.7 Å². The molecule has 8 heteroatoms. The number of alkyl halides is 2. The summed E-state index contributed by atoms with van der Waals surface area (Å²) in [6, 6.07) is 7.53. The monoisotopic (exact) mass is 363 g/mol. The van der Waals surface area contributed by atoms with E-state index in [1.165, 1.54) is 25.3 Å². The van der Waals surface area contributed by atoms with E-state index in [4.69, 9.17) is 32.7 Å². The quantitative estimate of drug-likeness (QED) is 0.726. The van der Waals surface area contributed by atoms with Crippen LogP contribution in [0.1, 0.15) is 0 Å². The van der Waals surface area contributed by atoms with Gasteiger partial charge in [-0.25, -0.2) is 8.78 Å². The highest BCUT2D eigenvalue weighted by atomic mass is 35.5. The molecule has 0 spiro atoms. The van der Waals surface area contributed by atoms with Crippen molar-refractivity contribution in [2.75, 3.05) is 13.9 Å². The molecule has 0 amide bonds. The van der Waals surface area contributed by atoms with Gasteiger partial charge in [-0.3, -0.25) is 4.79 Å². The van der Waals surface area contributed by atoms with Gasteiger partial charge in [-0.15, -0.1) is 0 Å². The number of rotatable bonds is 6. The second-order valence-corrected chi connectivity index (χ2v) is 5.38. The molecule has 0 aliphatic rings. The summed E-state index contributed by atoms with van der Waals surface area (Å²) >= 11 is 11.9. The van der Waals surface area contributed by atoms with Crippen molar-refractivity contribution in [3.8, 4) is 17.0 Å². The highest BCUT2D eigenvalue weighted by Gasteiger charge is 2.16. The molecule has 0 aliphatic carbocycles. The molecule has 0 aliphatic heterocycles. The predicted octanol–water partition coefficient (Wildman–Crippen LogP) is 4.07. The van der Waals surface area contributed by atoms with Gasteiger partial charge in [0.2, 0.25) is 0 Å². The third kappa shape index (κ3) is 4.22. The second-order valence-electron chi connectivity index (χ2n) is 4.57. The minimum absolute atomic E-state index is 0.0483. The Bertz CT molecular complexity index is 750. The lowest BCUT2D eigenvalue weighted by Crippen LogP contribution is -2.25. The van der Waals surface area contributed by atoms with Gasteiger partial charge in [0.05, 0.1) is 17.3 Å². The molecule has 0 atom stereocenters. The van der Waals surface area contributed by atoms with Crippen molar-refractivity contribution in [1.82, 2.24) is 4.57 Å². The number of hydrogen-bond donors (Lipinski definition) is 0. The molecule has 0 bridgehead atoms. The Balaban J connectivity index is 2.49. The minimum atomic E-state index is -2.70. The molecule has 23 heavy (non-hydrogen) atoms. The predicted molar refractivity (Wildman–Crippen MR) is 84.7 cm³/mol. The van der Waals surface area contributed by atoms with Gasteiger partial charge in [0.25, 0.3) is 12.0 Å². The molecule has 4 nitrogen and oxygen atoms in total. The Morgan fingerprint density at radius 2 is 1.91 bits per heavy atom. The van der Waals surface area contributed by atoms with E-state index in [1.54, 1.807) is 12.1 Å². The van der Waals surface area contributed by atoms with E-state index >= 15 is 0 Å². The SMILES string of the molecule is COCOc1ccc(-c2ccc(Cl)c(=O)n2CC(F)F)c(Cl)c1. The van der Waals surface area contributed by atoms with Gasteiger partial charge < -0.3 is 14.0 Å². The first kappa shape index (κ1) is 17.7. The van der Waals surface area contributed by atoms with Gasteiger partial charge in [0.1, 0.15) is 10.8 Å². The first-order valence-corrected chi connectivity index (χ1v) is 7.28. The van der Waals surface area contributed by atoms with Crippen LogP contribution >= 0.6 is 23.2 Å². The molecule has 1 aromatic heterocycles. The molecule has 1 aromatic carbocycles. The Hall–Kier alpha value is -1.63. The summed E-state index contributed by atoms with van der Waals surface area (Å²) in [5.41, 5.74) is -0.0194. The van der Waals surface area contributed by atoms with Crippen LogP contribution in [0.4, 0.5) is 8.78 Å². The van der Waals surface area contributed by atoms with Crippen molar-refractivity contribution in [2.24, 2.45) is 0 Å². The number of methoxy groups -OCH3 is 1. The fraction of sp³-hybridized carbons (Fsp3) is 0.267. The standard InChI is InChI=1S/C15H13Cl2F2NO3/c1-22-8-23-9-2-3-10(12(17)6-9)13-5-4-11(16)15(21)20(13)7-14(18)19/h2-6,14H,7-8H2,1H3. The molecule has 2 rings (SSSR count). The highest BCUT2D eigenvalue weighted by Crippen LogP contribution is 2.31. The van der Waals surface area contributed by atoms with Crippen LogP contribution in [-0.4, -0.2) is 24.9 Å². The first-order chi connectivity index (χ1) is 10.9. The van der Waals surface area contributed by atoms with Crippen LogP contribution in [0.2, 0.25) is 10.0 Å². The fourth-order valence-corrected chi connectivity index (χ4v) is 2.46. The highest BCUT2D eigenvalue weighted by molar-refractivity contribution is 6.33. The molecule has 0 N–H and O–H groups in total. The summed E-state index contributed by atoms with van der Waals surface area (Å²) in [7, 11) is 1.48. The number of halogens is 4. The van der Waals surface area contributed by atoms with E-state index in [0.29, 0.717) is 11.3 Å². The summed E-state index contributed by atoms with van der Waals surface area (Å²) in [5.74, 6) is 0.456. The number of aromatic nitrogens is 1. The van der Waals surface area contributed by atoms with Crippen molar-refractivity contribution in [3.63, 3.8) is 0 Å². The van der Waals surface area contributed by atoms with E-state index < -0.39 is 18.5 Å². The first-order valence-electron chi connectivity index (χ1n) is 6.53. The smallest absolute Gasteiger partial charge is 0.269 e. The molecule has 1 heterocycles. The molecule has 0 saturated heterocycles. The Morgan fingerprint density at radius 1 is 1.17 bits per heavy atom. The zero-order chi connectivity index (χ0) is 17.0. The van der Waals surface area contributed by atoms with Crippen LogP contribution < -0.4 is 10.3 Å². The van der Waals surface area contributed by atoms with Gasteiger partial charge in [-0.2, -0.15) is 0 Å². The van der Waals surface area contributed by atoms with Gasteiger partial charge in [-0.05, 0) is 30.3 Å². The maximum absolute atomic E-state index is 12.8. The molecule has 2 aromatic rings. The minimum Gasteiger partial charge on any atom is -0.468 e. The zero-order valence-corrected chi connectivity index (χ0v) is 13.6. The topological polar surface area (TPSA) is 40.5 Å². The molecular formula is C15H13Cl2F2NO3. The Kier molecular flexibility index (Phi) is 5.98. The van der Waals surface area contributed by atoms with Crippen LogP contribution in [0.3, 0.4) is 0 Å². The number of ether oxygens (including phenoxy) is 2. The van der Waals surface area contributed by atoms with Crippen molar-refractivity contribution in [1.29, 1.82) is 0 Å². The average molecular weight is 364 g/mol. The van der Waals surface area contributed by atoms with Gasteiger partial charge in [-0.1, -0.05) is 23.2 Å². The lowest BCUT2D eigenvalue weighted by molar-refractivity contribution is 0.0511. The zero-order valence-electron chi connectivity index (χ0n) is 12.1. The van der Waals surface area contributed by atoms with Crippen molar-refractivity contribution >= 4 is 23.2 Å². The number of pyridine rings is 1. The lowest BCUT2D eigenvalue weighted by Gasteiger charge is -2.15. The largest absolute Gasteiger partial charge is 0.468 e. The fourth-order valence-electron chi connectivity index (χ4n) is 2.03. The van der Waals surface area contributed by atoms with Crippen LogP contribution in [0.25, 0.3) is 11.3 Å². The molecule has 0 saturated carbocycles. The third-order valence-electron chi connectivity index (χ3n) is 3.01. The summed E-state index contributed by atoms with van der Waals surface area (Å²) in [5, 5.41) is 0.119. The molecule has 0 unspecified atom stereocenters. The Morgan fingerprint density at radius 3 is 2.52 bits per heavy atom. The molecule has 0 radical (unpaired) electrons. The molecule has 0 fully saturated rings. The van der Waals surface area contributed by atoms with E-state index in [-0.39, 0.29) is 22.5 Å². The van der Waals surface area contributed by atoms with E-state index in [9.17, 15) is 13.6 Å². The van der Waals surface area contributed by atoms with E-state index in [2.05, 4.69) is 0 Å². The van der Waals surface area contributed by atoms with Crippen LogP contribution in [-0.2, 0) is 11.3 Å². The van der Waals surface area contributed by atoms with Gasteiger partial charge in [0, 0.05) is 12.7 Å². The number of hydrogen-bond acceptors (Lipinski definition) is 3. The summed E-state index contributed by atoms with van der Waals surface area (Å²) in [6.45, 7) is -0.723. The molecule has 124 valence electrons.